The van der Waals surface area contributed by atoms with Crippen LogP contribution in [0.25, 0.3) is 5.69 Å². The zero-order chi connectivity index (χ0) is 19.4. The maximum Gasteiger partial charge on any atom is 0.363 e. The van der Waals surface area contributed by atoms with Crippen molar-refractivity contribution in [2.24, 2.45) is 0 Å². The van der Waals surface area contributed by atoms with Gasteiger partial charge in [-0.05, 0) is 37.3 Å². The molecule has 0 amide bonds. The molecule has 0 fully saturated rings. The van der Waals surface area contributed by atoms with Gasteiger partial charge in [-0.15, -0.1) is 0 Å². The van der Waals surface area contributed by atoms with Gasteiger partial charge in [-0.25, -0.2) is 9.48 Å². The summed E-state index contributed by atoms with van der Waals surface area (Å²) in [7, 11) is 0. The highest BCUT2D eigenvalue weighted by atomic mass is 35.5. The minimum Gasteiger partial charge on any atom is -0.456 e. The molecule has 6 nitrogen and oxygen atoms in total. The Morgan fingerprint density at radius 2 is 1.93 bits per heavy atom. The van der Waals surface area contributed by atoms with Gasteiger partial charge in [0.05, 0.1) is 17.3 Å². The molecule has 134 valence electrons. The number of benzene rings is 2. The summed E-state index contributed by atoms with van der Waals surface area (Å²) < 4.78 is 6.67. The number of rotatable bonds is 4. The summed E-state index contributed by atoms with van der Waals surface area (Å²) >= 11 is 5.89. The molecule has 0 atom stereocenters. The van der Waals surface area contributed by atoms with Crippen LogP contribution in [-0.2, 0) is 11.3 Å². The molecule has 27 heavy (non-hydrogen) atoms. The van der Waals surface area contributed by atoms with Crippen molar-refractivity contribution in [2.45, 2.75) is 13.5 Å². The Labute approximate surface area is 160 Å². The fourth-order valence-electron chi connectivity index (χ4n) is 2.50. The summed E-state index contributed by atoms with van der Waals surface area (Å²) in [6, 6.07) is 16.9. The van der Waals surface area contributed by atoms with Crippen LogP contribution >= 0.6 is 11.6 Å². The van der Waals surface area contributed by atoms with E-state index in [1.165, 1.54) is 10.7 Å². The molecule has 0 spiro atoms. The van der Waals surface area contributed by atoms with E-state index in [1.54, 1.807) is 55.5 Å². The van der Waals surface area contributed by atoms with Crippen LogP contribution in [0.4, 0.5) is 0 Å². The van der Waals surface area contributed by atoms with E-state index in [4.69, 9.17) is 21.6 Å². The molecular weight excluding hydrogens is 366 g/mol. The third kappa shape index (κ3) is 4.05. The van der Waals surface area contributed by atoms with Crippen LogP contribution in [0.2, 0.25) is 5.02 Å². The van der Waals surface area contributed by atoms with Crippen molar-refractivity contribution < 1.29 is 9.53 Å². The molecule has 0 aliphatic carbocycles. The molecule has 7 heteroatoms. The Morgan fingerprint density at radius 3 is 2.63 bits per heavy atom. The van der Waals surface area contributed by atoms with Gasteiger partial charge in [0.2, 0.25) is 11.1 Å². The summed E-state index contributed by atoms with van der Waals surface area (Å²) in [4.78, 5) is 24.6. The van der Waals surface area contributed by atoms with Gasteiger partial charge in [0.25, 0.3) is 0 Å². The minimum atomic E-state index is -0.851. The number of ether oxygens (including phenoxy) is 1. The third-order valence-corrected chi connectivity index (χ3v) is 4.12. The first-order chi connectivity index (χ1) is 13.0. The van der Waals surface area contributed by atoms with Crippen LogP contribution in [0, 0.1) is 18.3 Å². The summed E-state index contributed by atoms with van der Waals surface area (Å²) in [6.45, 7) is 1.58. The monoisotopic (exact) mass is 379 g/mol. The molecule has 0 saturated heterocycles. The van der Waals surface area contributed by atoms with Crippen LogP contribution in [0.15, 0.2) is 59.4 Å². The molecule has 0 aliphatic rings. The van der Waals surface area contributed by atoms with E-state index in [0.29, 0.717) is 27.5 Å². The number of esters is 1. The fraction of sp³-hybridized carbons (Fsp3) is 0.100. The molecule has 0 saturated carbocycles. The Bertz CT molecular complexity index is 1100. The summed E-state index contributed by atoms with van der Waals surface area (Å²) in [5.41, 5.74) is 1.31. The third-order valence-electron chi connectivity index (χ3n) is 3.87. The van der Waals surface area contributed by atoms with Crippen molar-refractivity contribution in [3.05, 3.63) is 92.4 Å². The van der Waals surface area contributed by atoms with Crippen molar-refractivity contribution in [3.63, 3.8) is 0 Å². The standard InChI is InChI=1S/C20H14ClN3O3/c1-13-10-18(25)19(23-24(13)17-8-6-16(21)7-9-17)20(26)27-12-15-5-3-2-4-14(15)11-22/h2-10H,12H2,1H3. The molecule has 1 heterocycles. The van der Waals surface area contributed by atoms with Crippen LogP contribution in [-0.4, -0.2) is 15.7 Å². The van der Waals surface area contributed by atoms with Gasteiger partial charge in [-0.2, -0.15) is 10.4 Å². The quantitative estimate of drug-likeness (QED) is 0.648. The van der Waals surface area contributed by atoms with E-state index >= 15 is 0 Å². The number of carbonyl (C=O) groups is 1. The lowest BCUT2D eigenvalue weighted by molar-refractivity contribution is 0.0461. The predicted octanol–water partition coefficient (Wildman–Crippen LogP) is 3.42. The first kappa shape index (κ1) is 18.4. The van der Waals surface area contributed by atoms with Gasteiger partial charge in [0, 0.05) is 22.3 Å². The van der Waals surface area contributed by atoms with E-state index in [-0.39, 0.29) is 12.3 Å². The van der Waals surface area contributed by atoms with E-state index in [2.05, 4.69) is 5.10 Å². The van der Waals surface area contributed by atoms with Gasteiger partial charge in [-0.3, -0.25) is 4.79 Å². The number of halogens is 1. The molecule has 0 N–H and O–H groups in total. The predicted molar refractivity (Wildman–Crippen MR) is 99.9 cm³/mol. The number of aryl methyl sites for hydroxylation is 1. The first-order valence-corrected chi connectivity index (χ1v) is 8.39. The van der Waals surface area contributed by atoms with Gasteiger partial charge < -0.3 is 4.74 Å². The molecule has 3 aromatic rings. The Morgan fingerprint density at radius 1 is 1.22 bits per heavy atom. The van der Waals surface area contributed by atoms with E-state index in [9.17, 15) is 9.59 Å². The lowest BCUT2D eigenvalue weighted by atomic mass is 10.1. The highest BCUT2D eigenvalue weighted by molar-refractivity contribution is 6.30. The number of aromatic nitrogens is 2. The average molecular weight is 380 g/mol. The van der Waals surface area contributed by atoms with Crippen molar-refractivity contribution >= 4 is 17.6 Å². The van der Waals surface area contributed by atoms with Crippen molar-refractivity contribution in [3.8, 4) is 11.8 Å². The van der Waals surface area contributed by atoms with E-state index in [1.807, 2.05) is 6.07 Å². The molecule has 3 rings (SSSR count). The van der Waals surface area contributed by atoms with Crippen LogP contribution < -0.4 is 5.43 Å². The van der Waals surface area contributed by atoms with Crippen molar-refractivity contribution in [2.75, 3.05) is 0 Å². The molecule has 0 bridgehead atoms. The topological polar surface area (TPSA) is 85.0 Å². The lowest BCUT2D eigenvalue weighted by Gasteiger charge is -2.11. The van der Waals surface area contributed by atoms with Gasteiger partial charge >= 0.3 is 5.97 Å². The zero-order valence-corrected chi connectivity index (χ0v) is 15.1. The smallest absolute Gasteiger partial charge is 0.363 e. The summed E-state index contributed by atoms with van der Waals surface area (Å²) in [6.07, 6.45) is 0. The highest BCUT2D eigenvalue weighted by Crippen LogP contribution is 2.14. The molecule has 1 aromatic heterocycles. The van der Waals surface area contributed by atoms with Crippen LogP contribution in [0.5, 0.6) is 0 Å². The lowest BCUT2D eigenvalue weighted by Crippen LogP contribution is -2.24. The Hall–Kier alpha value is -3.43. The second kappa shape index (κ2) is 7.85. The number of hydrogen-bond donors (Lipinski definition) is 0. The second-order valence-electron chi connectivity index (χ2n) is 5.73. The van der Waals surface area contributed by atoms with E-state index < -0.39 is 11.4 Å². The van der Waals surface area contributed by atoms with Crippen molar-refractivity contribution in [1.29, 1.82) is 5.26 Å². The van der Waals surface area contributed by atoms with Crippen molar-refractivity contribution in [1.82, 2.24) is 9.78 Å². The number of nitrogens with zero attached hydrogens (tertiary/aromatic N) is 3. The fourth-order valence-corrected chi connectivity index (χ4v) is 2.63. The van der Waals surface area contributed by atoms with E-state index in [0.717, 1.165) is 0 Å². The SMILES string of the molecule is Cc1cc(=O)c(C(=O)OCc2ccccc2C#N)nn1-c1ccc(Cl)cc1. The molecule has 0 unspecified atom stereocenters. The van der Waals surface area contributed by atoms with Gasteiger partial charge in [-0.1, -0.05) is 29.8 Å². The van der Waals surface area contributed by atoms with Crippen LogP contribution in [0.1, 0.15) is 27.3 Å². The minimum absolute atomic E-state index is 0.126. The summed E-state index contributed by atoms with van der Waals surface area (Å²) in [5, 5.41) is 13.8. The molecular formula is C20H14ClN3O3. The molecule has 2 aromatic carbocycles. The molecule has 0 radical (unpaired) electrons. The maximum absolute atomic E-state index is 12.4. The Kier molecular flexibility index (Phi) is 5.34. The average Bonchev–Trinajstić information content (AvgIpc) is 2.67. The normalized spacial score (nSPS) is 10.3. The zero-order valence-electron chi connectivity index (χ0n) is 14.3. The molecule has 0 aliphatic heterocycles. The Balaban J connectivity index is 1.88. The van der Waals surface area contributed by atoms with Gasteiger partial charge in [0.15, 0.2) is 0 Å². The van der Waals surface area contributed by atoms with Gasteiger partial charge in [0.1, 0.15) is 6.61 Å². The highest BCUT2D eigenvalue weighted by Gasteiger charge is 2.17. The van der Waals surface area contributed by atoms with Crippen LogP contribution in [0.3, 0.4) is 0 Å². The number of nitriles is 1. The summed E-state index contributed by atoms with van der Waals surface area (Å²) in [5.74, 6) is -0.851. The first-order valence-electron chi connectivity index (χ1n) is 8.01. The largest absolute Gasteiger partial charge is 0.456 e. The number of hydrogen-bond acceptors (Lipinski definition) is 5. The number of carbonyl (C=O) groups excluding carboxylic acids is 1. The maximum atomic E-state index is 12.4. The second-order valence-corrected chi connectivity index (χ2v) is 6.17.